The van der Waals surface area contributed by atoms with E-state index < -0.39 is 35.4 Å². The van der Waals surface area contributed by atoms with Gasteiger partial charge < -0.3 is 4.90 Å². The second kappa shape index (κ2) is 7.71. The lowest BCUT2D eigenvalue weighted by molar-refractivity contribution is -0.137. The number of imide groups is 1. The molecule has 2 aromatic rings. The molecule has 0 bridgehead atoms. The number of rotatable bonds is 3. The standard InChI is InChI=1S/C21H19F4N3O2/c22-16-6-1-2-7-17(16)28-19(29)13-18(20(28)30)27-10-8-26(9-11-27)15-5-3-4-14(12-15)21(23,24)25/h1-7,12,18H,8-11,13H2/t18-/m0/s1. The molecule has 2 saturated heterocycles. The second-order valence-corrected chi connectivity index (χ2v) is 7.31. The van der Waals surface area contributed by atoms with E-state index in [9.17, 15) is 27.2 Å². The zero-order valence-corrected chi connectivity index (χ0v) is 15.9. The molecule has 2 amide bonds. The summed E-state index contributed by atoms with van der Waals surface area (Å²) in [5.41, 5.74) is -0.302. The van der Waals surface area contributed by atoms with Crippen molar-refractivity contribution in [3.63, 3.8) is 0 Å². The number of amides is 2. The highest BCUT2D eigenvalue weighted by Gasteiger charge is 2.44. The molecule has 2 fully saturated rings. The summed E-state index contributed by atoms with van der Waals surface area (Å²) in [5.74, 6) is -1.58. The fourth-order valence-corrected chi connectivity index (χ4v) is 3.96. The van der Waals surface area contributed by atoms with Gasteiger partial charge in [-0.2, -0.15) is 13.2 Å². The first-order valence-electron chi connectivity index (χ1n) is 9.53. The van der Waals surface area contributed by atoms with Gasteiger partial charge in [0.15, 0.2) is 0 Å². The van der Waals surface area contributed by atoms with Gasteiger partial charge in [0, 0.05) is 31.9 Å². The number of hydrogen-bond donors (Lipinski definition) is 0. The average Bonchev–Trinajstić information content (AvgIpc) is 3.02. The number of benzene rings is 2. The van der Waals surface area contributed by atoms with E-state index in [1.807, 2.05) is 9.80 Å². The van der Waals surface area contributed by atoms with Crippen LogP contribution in [0.5, 0.6) is 0 Å². The van der Waals surface area contributed by atoms with Crippen molar-refractivity contribution >= 4 is 23.2 Å². The van der Waals surface area contributed by atoms with Crippen LogP contribution in [0.1, 0.15) is 12.0 Å². The van der Waals surface area contributed by atoms with Crippen molar-refractivity contribution in [1.29, 1.82) is 0 Å². The Morgan fingerprint density at radius 3 is 2.27 bits per heavy atom. The van der Waals surface area contributed by atoms with Gasteiger partial charge in [-0.3, -0.25) is 14.5 Å². The lowest BCUT2D eigenvalue weighted by Gasteiger charge is -2.38. The first kappa shape index (κ1) is 20.3. The predicted molar refractivity (Wildman–Crippen MR) is 103 cm³/mol. The quantitative estimate of drug-likeness (QED) is 0.564. The predicted octanol–water partition coefficient (Wildman–Crippen LogP) is 3.30. The molecule has 0 spiro atoms. The molecule has 0 saturated carbocycles. The largest absolute Gasteiger partial charge is 0.416 e. The maximum absolute atomic E-state index is 14.1. The third-order valence-corrected chi connectivity index (χ3v) is 5.51. The number of piperazine rings is 1. The molecule has 9 heteroatoms. The van der Waals surface area contributed by atoms with Crippen LogP contribution < -0.4 is 9.80 Å². The third kappa shape index (κ3) is 3.77. The topological polar surface area (TPSA) is 43.9 Å². The lowest BCUT2D eigenvalue weighted by Crippen LogP contribution is -2.52. The number of halogens is 4. The van der Waals surface area contributed by atoms with E-state index in [-0.39, 0.29) is 12.1 Å². The van der Waals surface area contributed by atoms with Crippen LogP contribution in [-0.2, 0) is 15.8 Å². The summed E-state index contributed by atoms with van der Waals surface area (Å²) < 4.78 is 52.9. The van der Waals surface area contributed by atoms with E-state index in [4.69, 9.17) is 0 Å². The highest BCUT2D eigenvalue weighted by molar-refractivity contribution is 6.22. The maximum Gasteiger partial charge on any atom is 0.416 e. The minimum Gasteiger partial charge on any atom is -0.369 e. The molecule has 158 valence electrons. The Hall–Kier alpha value is -2.94. The zero-order valence-electron chi connectivity index (χ0n) is 15.9. The van der Waals surface area contributed by atoms with Crippen molar-refractivity contribution in [2.45, 2.75) is 18.6 Å². The van der Waals surface area contributed by atoms with E-state index in [0.29, 0.717) is 31.9 Å². The molecule has 30 heavy (non-hydrogen) atoms. The van der Waals surface area contributed by atoms with Gasteiger partial charge in [0.2, 0.25) is 5.91 Å². The minimum atomic E-state index is -4.41. The van der Waals surface area contributed by atoms with Crippen LogP contribution in [0.3, 0.4) is 0 Å². The SMILES string of the molecule is O=C1C[C@H](N2CCN(c3cccc(C(F)(F)F)c3)CC2)C(=O)N1c1ccccc1F. The molecule has 4 rings (SSSR count). The summed E-state index contributed by atoms with van der Waals surface area (Å²) in [6.07, 6.45) is -4.46. The fraction of sp³-hybridized carbons (Fsp3) is 0.333. The fourth-order valence-electron chi connectivity index (χ4n) is 3.96. The number of para-hydroxylation sites is 1. The molecule has 2 aliphatic heterocycles. The summed E-state index contributed by atoms with van der Waals surface area (Å²) >= 11 is 0. The summed E-state index contributed by atoms with van der Waals surface area (Å²) in [5, 5.41) is 0. The highest BCUT2D eigenvalue weighted by Crippen LogP contribution is 2.32. The van der Waals surface area contributed by atoms with Crippen molar-refractivity contribution in [1.82, 2.24) is 4.90 Å². The molecule has 1 atom stereocenters. The van der Waals surface area contributed by atoms with Gasteiger partial charge >= 0.3 is 6.18 Å². The maximum atomic E-state index is 14.1. The van der Waals surface area contributed by atoms with Crippen LogP contribution in [0.15, 0.2) is 48.5 Å². The zero-order chi connectivity index (χ0) is 21.5. The number of nitrogens with zero attached hydrogens (tertiary/aromatic N) is 3. The summed E-state index contributed by atoms with van der Waals surface area (Å²) in [6, 6.07) is 10.1. The molecule has 0 aromatic heterocycles. The van der Waals surface area contributed by atoms with Crippen LogP contribution in [0.2, 0.25) is 0 Å². The Bertz CT molecular complexity index is 971. The van der Waals surface area contributed by atoms with Crippen LogP contribution in [0, 0.1) is 5.82 Å². The van der Waals surface area contributed by atoms with Gasteiger partial charge in [0.05, 0.1) is 23.7 Å². The van der Waals surface area contributed by atoms with Crippen molar-refractivity contribution in [2.75, 3.05) is 36.0 Å². The van der Waals surface area contributed by atoms with E-state index in [1.54, 1.807) is 12.1 Å². The van der Waals surface area contributed by atoms with Crippen molar-refractivity contribution in [3.8, 4) is 0 Å². The average molecular weight is 421 g/mol. The Labute approximate surface area is 170 Å². The lowest BCUT2D eigenvalue weighted by atomic mass is 10.1. The van der Waals surface area contributed by atoms with Gasteiger partial charge in [-0.15, -0.1) is 0 Å². The van der Waals surface area contributed by atoms with Crippen molar-refractivity contribution in [2.24, 2.45) is 0 Å². The minimum absolute atomic E-state index is 0.0449. The molecule has 2 aliphatic rings. The molecule has 0 radical (unpaired) electrons. The van der Waals surface area contributed by atoms with Gasteiger partial charge in [-0.05, 0) is 30.3 Å². The van der Waals surface area contributed by atoms with Gasteiger partial charge in [0.25, 0.3) is 5.91 Å². The molecule has 2 aromatic carbocycles. The van der Waals surface area contributed by atoms with Crippen LogP contribution in [-0.4, -0.2) is 48.9 Å². The molecular formula is C21H19F4N3O2. The van der Waals surface area contributed by atoms with Gasteiger partial charge in [-0.1, -0.05) is 18.2 Å². The summed E-state index contributed by atoms with van der Waals surface area (Å²) in [4.78, 5) is 29.8. The monoisotopic (exact) mass is 421 g/mol. The number of alkyl halides is 3. The summed E-state index contributed by atoms with van der Waals surface area (Å²) in [6.45, 7) is 1.65. The highest BCUT2D eigenvalue weighted by atomic mass is 19.4. The van der Waals surface area contributed by atoms with E-state index in [1.165, 1.54) is 24.3 Å². The van der Waals surface area contributed by atoms with Gasteiger partial charge in [0.1, 0.15) is 5.82 Å². The first-order chi connectivity index (χ1) is 14.3. The number of hydrogen-bond acceptors (Lipinski definition) is 4. The molecular weight excluding hydrogens is 402 g/mol. The van der Waals surface area contributed by atoms with Gasteiger partial charge in [-0.25, -0.2) is 9.29 Å². The Kier molecular flexibility index (Phi) is 5.23. The Morgan fingerprint density at radius 1 is 0.900 bits per heavy atom. The van der Waals surface area contributed by atoms with E-state index in [2.05, 4.69) is 0 Å². The summed E-state index contributed by atoms with van der Waals surface area (Å²) in [7, 11) is 0. The second-order valence-electron chi connectivity index (χ2n) is 7.31. The molecule has 0 unspecified atom stereocenters. The number of anilines is 2. The smallest absolute Gasteiger partial charge is 0.369 e. The first-order valence-corrected chi connectivity index (χ1v) is 9.53. The Morgan fingerprint density at radius 2 is 1.60 bits per heavy atom. The number of carbonyl (C=O) groups is 2. The third-order valence-electron chi connectivity index (χ3n) is 5.51. The van der Waals surface area contributed by atoms with E-state index in [0.717, 1.165) is 17.0 Å². The number of carbonyl (C=O) groups excluding carboxylic acids is 2. The van der Waals surface area contributed by atoms with Crippen LogP contribution in [0.4, 0.5) is 28.9 Å². The van der Waals surface area contributed by atoms with E-state index >= 15 is 0 Å². The molecule has 0 N–H and O–H groups in total. The van der Waals surface area contributed by atoms with Crippen molar-refractivity contribution in [3.05, 3.63) is 59.9 Å². The Balaban J connectivity index is 1.44. The molecule has 0 aliphatic carbocycles. The molecule has 2 heterocycles. The van der Waals surface area contributed by atoms with Crippen LogP contribution in [0.25, 0.3) is 0 Å². The van der Waals surface area contributed by atoms with Crippen LogP contribution >= 0.6 is 0 Å². The van der Waals surface area contributed by atoms with Crippen molar-refractivity contribution < 1.29 is 27.2 Å². The normalized spacial score (nSPS) is 20.9. The molecule has 5 nitrogen and oxygen atoms in total.